The lowest BCUT2D eigenvalue weighted by atomic mass is 10.0. The zero-order valence-corrected chi connectivity index (χ0v) is 9.63. The van der Waals surface area contributed by atoms with Gasteiger partial charge in [0.05, 0.1) is 12.2 Å². The van der Waals surface area contributed by atoms with E-state index in [1.807, 2.05) is 24.3 Å². The van der Waals surface area contributed by atoms with Gasteiger partial charge in [0, 0.05) is 24.3 Å². The maximum Gasteiger partial charge on any atom is 0.0781 e. The van der Waals surface area contributed by atoms with Gasteiger partial charge in [-0.2, -0.15) is 0 Å². The average Bonchev–Trinajstić information content (AvgIpc) is 2.29. The van der Waals surface area contributed by atoms with E-state index in [0.717, 1.165) is 30.6 Å². The van der Waals surface area contributed by atoms with Gasteiger partial charge in [-0.3, -0.25) is 0 Å². The van der Waals surface area contributed by atoms with Crippen LogP contribution in [0.4, 0.5) is 5.69 Å². The molecule has 0 aromatic heterocycles. The van der Waals surface area contributed by atoms with Crippen molar-refractivity contribution < 1.29 is 10.2 Å². The molecular formula is C13H19NO2. The highest BCUT2D eigenvalue weighted by Crippen LogP contribution is 2.28. The van der Waals surface area contributed by atoms with Crippen molar-refractivity contribution in [2.45, 2.75) is 32.0 Å². The monoisotopic (exact) mass is 221 g/mol. The molecule has 1 saturated heterocycles. The number of nitrogens with zero attached hydrogens (tertiary/aromatic N) is 1. The number of piperidine rings is 1. The van der Waals surface area contributed by atoms with Gasteiger partial charge in [-0.25, -0.2) is 0 Å². The Balaban J connectivity index is 2.25. The normalized spacial score (nSPS) is 23.2. The van der Waals surface area contributed by atoms with Gasteiger partial charge < -0.3 is 15.1 Å². The predicted octanol–water partition coefficient (Wildman–Crippen LogP) is 1.70. The van der Waals surface area contributed by atoms with E-state index in [0.29, 0.717) is 6.54 Å². The lowest BCUT2D eigenvalue weighted by Gasteiger charge is -2.33. The zero-order valence-electron chi connectivity index (χ0n) is 9.63. The highest BCUT2D eigenvalue weighted by molar-refractivity contribution is 5.54. The third-order valence-electron chi connectivity index (χ3n) is 3.12. The van der Waals surface area contributed by atoms with E-state index >= 15 is 0 Å². The van der Waals surface area contributed by atoms with E-state index in [2.05, 4.69) is 4.90 Å². The van der Waals surface area contributed by atoms with Crippen molar-refractivity contribution in [3.05, 3.63) is 29.8 Å². The lowest BCUT2D eigenvalue weighted by Crippen LogP contribution is -2.38. The van der Waals surface area contributed by atoms with Crippen LogP contribution in [0.5, 0.6) is 0 Å². The first-order valence-corrected chi connectivity index (χ1v) is 5.88. The molecule has 0 saturated carbocycles. The minimum atomic E-state index is -0.463. The lowest BCUT2D eigenvalue weighted by molar-refractivity contribution is 0.153. The summed E-state index contributed by atoms with van der Waals surface area (Å²) in [5.41, 5.74) is 1.99. The number of hydrogen-bond donors (Lipinski definition) is 2. The molecule has 16 heavy (non-hydrogen) atoms. The van der Waals surface area contributed by atoms with E-state index in [1.54, 1.807) is 6.92 Å². The molecule has 1 aliphatic heterocycles. The molecule has 2 rings (SSSR count). The minimum Gasteiger partial charge on any atom is -0.391 e. The van der Waals surface area contributed by atoms with Crippen molar-refractivity contribution in [1.29, 1.82) is 0 Å². The first-order valence-electron chi connectivity index (χ1n) is 5.88. The van der Waals surface area contributed by atoms with E-state index < -0.39 is 6.10 Å². The van der Waals surface area contributed by atoms with Crippen LogP contribution in [-0.4, -0.2) is 29.4 Å². The molecule has 3 heteroatoms. The molecule has 0 radical (unpaired) electrons. The van der Waals surface area contributed by atoms with Crippen molar-refractivity contribution in [3.8, 4) is 0 Å². The number of benzene rings is 1. The van der Waals surface area contributed by atoms with Gasteiger partial charge in [-0.15, -0.1) is 0 Å². The molecule has 0 aliphatic carbocycles. The molecule has 1 aliphatic rings. The van der Waals surface area contributed by atoms with Crippen molar-refractivity contribution in [2.75, 3.05) is 18.0 Å². The van der Waals surface area contributed by atoms with Crippen LogP contribution >= 0.6 is 0 Å². The predicted molar refractivity (Wildman–Crippen MR) is 64.5 cm³/mol. The van der Waals surface area contributed by atoms with Crippen molar-refractivity contribution >= 4 is 5.69 Å². The quantitative estimate of drug-likeness (QED) is 0.799. The molecule has 2 N–H and O–H groups in total. The van der Waals surface area contributed by atoms with Crippen LogP contribution in [0.1, 0.15) is 31.4 Å². The summed E-state index contributed by atoms with van der Waals surface area (Å²) in [5.74, 6) is 0. The summed E-state index contributed by atoms with van der Waals surface area (Å²) in [6, 6.07) is 7.87. The molecule has 2 atom stereocenters. The standard InChI is InChI=1S/C13H19NO2/c1-10(15)12-6-2-3-7-13(12)14-8-4-5-11(16)9-14/h2-3,6-7,10-11,15-16H,4-5,8-9H2,1H3. The van der Waals surface area contributed by atoms with Crippen molar-refractivity contribution in [1.82, 2.24) is 0 Å². The number of rotatable bonds is 2. The Kier molecular flexibility index (Phi) is 3.46. The van der Waals surface area contributed by atoms with E-state index in [4.69, 9.17) is 0 Å². The minimum absolute atomic E-state index is 0.240. The molecule has 1 fully saturated rings. The Bertz CT molecular complexity index is 352. The first-order chi connectivity index (χ1) is 7.68. The van der Waals surface area contributed by atoms with Crippen LogP contribution in [0.25, 0.3) is 0 Å². The molecule has 2 unspecified atom stereocenters. The highest BCUT2D eigenvalue weighted by Gasteiger charge is 2.20. The van der Waals surface area contributed by atoms with Gasteiger partial charge in [0.15, 0.2) is 0 Å². The topological polar surface area (TPSA) is 43.7 Å². The van der Waals surface area contributed by atoms with Gasteiger partial charge in [0.2, 0.25) is 0 Å². The van der Waals surface area contributed by atoms with Gasteiger partial charge in [0.25, 0.3) is 0 Å². The fourth-order valence-corrected chi connectivity index (χ4v) is 2.30. The van der Waals surface area contributed by atoms with Gasteiger partial charge >= 0.3 is 0 Å². The maximum absolute atomic E-state index is 9.71. The van der Waals surface area contributed by atoms with E-state index in [1.165, 1.54) is 0 Å². The smallest absolute Gasteiger partial charge is 0.0781 e. The summed E-state index contributed by atoms with van der Waals surface area (Å²) in [6.07, 6.45) is 1.19. The molecule has 3 nitrogen and oxygen atoms in total. The second kappa shape index (κ2) is 4.85. The van der Waals surface area contributed by atoms with Crippen LogP contribution in [0.2, 0.25) is 0 Å². The number of anilines is 1. The molecule has 0 bridgehead atoms. The summed E-state index contributed by atoms with van der Waals surface area (Å²) in [7, 11) is 0. The third-order valence-corrected chi connectivity index (χ3v) is 3.12. The summed E-state index contributed by atoms with van der Waals surface area (Å²) in [4.78, 5) is 2.16. The first kappa shape index (κ1) is 11.4. The van der Waals surface area contributed by atoms with Crippen molar-refractivity contribution in [2.24, 2.45) is 0 Å². The summed E-state index contributed by atoms with van der Waals surface area (Å²) >= 11 is 0. The Morgan fingerprint density at radius 3 is 2.81 bits per heavy atom. The van der Waals surface area contributed by atoms with Crippen LogP contribution in [0, 0.1) is 0 Å². The molecule has 1 heterocycles. The zero-order chi connectivity index (χ0) is 11.5. The molecule has 88 valence electrons. The maximum atomic E-state index is 9.71. The van der Waals surface area contributed by atoms with Gasteiger partial charge in [0.1, 0.15) is 0 Å². The number of aliphatic hydroxyl groups excluding tert-OH is 2. The fourth-order valence-electron chi connectivity index (χ4n) is 2.30. The van der Waals surface area contributed by atoms with E-state index in [-0.39, 0.29) is 6.10 Å². The summed E-state index contributed by atoms with van der Waals surface area (Å²) in [6.45, 7) is 3.41. The van der Waals surface area contributed by atoms with Crippen molar-refractivity contribution in [3.63, 3.8) is 0 Å². The molecule has 0 spiro atoms. The average molecular weight is 221 g/mol. The second-order valence-electron chi connectivity index (χ2n) is 4.48. The second-order valence-corrected chi connectivity index (χ2v) is 4.48. The van der Waals surface area contributed by atoms with Crippen LogP contribution < -0.4 is 4.90 Å². The molecule has 0 amide bonds. The Hall–Kier alpha value is -1.06. The molecule has 1 aromatic carbocycles. The molecular weight excluding hydrogens is 202 g/mol. The van der Waals surface area contributed by atoms with Gasteiger partial charge in [-0.05, 0) is 25.8 Å². The highest BCUT2D eigenvalue weighted by atomic mass is 16.3. The number of β-amino-alcohol motifs (C(OH)–C–C–N with tert-alkyl or cyclic N) is 1. The van der Waals surface area contributed by atoms with Crippen LogP contribution in [0.15, 0.2) is 24.3 Å². The Morgan fingerprint density at radius 1 is 1.38 bits per heavy atom. The number of para-hydroxylation sites is 1. The summed E-state index contributed by atoms with van der Waals surface area (Å²) < 4.78 is 0. The Labute approximate surface area is 96.3 Å². The van der Waals surface area contributed by atoms with E-state index in [9.17, 15) is 10.2 Å². The van der Waals surface area contributed by atoms with Crippen LogP contribution in [0.3, 0.4) is 0 Å². The third kappa shape index (κ3) is 2.36. The number of aliphatic hydroxyl groups is 2. The number of hydrogen-bond acceptors (Lipinski definition) is 3. The van der Waals surface area contributed by atoms with Crippen LogP contribution in [-0.2, 0) is 0 Å². The SMILES string of the molecule is CC(O)c1ccccc1N1CCCC(O)C1. The fraction of sp³-hybridized carbons (Fsp3) is 0.538. The van der Waals surface area contributed by atoms with Gasteiger partial charge in [-0.1, -0.05) is 18.2 Å². The summed E-state index contributed by atoms with van der Waals surface area (Å²) in [5, 5.41) is 19.4. The largest absolute Gasteiger partial charge is 0.391 e. The Morgan fingerprint density at radius 2 is 2.12 bits per heavy atom. The molecule has 1 aromatic rings.